The zero-order chi connectivity index (χ0) is 23.8. The lowest BCUT2D eigenvalue weighted by Gasteiger charge is -2.43. The van der Waals surface area contributed by atoms with Crippen LogP contribution in [0, 0.1) is 24.0 Å². The summed E-state index contributed by atoms with van der Waals surface area (Å²) in [6, 6.07) is 9.99. The van der Waals surface area contributed by atoms with Gasteiger partial charge in [0.1, 0.15) is 18.0 Å². The van der Waals surface area contributed by atoms with Gasteiger partial charge in [0.15, 0.2) is 0 Å². The third-order valence-electron chi connectivity index (χ3n) is 5.66. The Labute approximate surface area is 195 Å². The number of rotatable bonds is 5. The van der Waals surface area contributed by atoms with Crippen molar-refractivity contribution in [2.45, 2.75) is 40.7 Å². The molecule has 1 N–H and O–H groups in total. The first-order valence-electron chi connectivity index (χ1n) is 11.3. The molecule has 0 amide bonds. The van der Waals surface area contributed by atoms with Crippen LogP contribution in [-0.2, 0) is 0 Å². The molecule has 0 saturated carbocycles. The van der Waals surface area contributed by atoms with E-state index < -0.39 is 11.6 Å². The predicted octanol–water partition coefficient (Wildman–Crippen LogP) is 5.40. The molecule has 2 aromatic carbocycles. The molecule has 1 unspecified atom stereocenters. The van der Waals surface area contributed by atoms with Gasteiger partial charge in [-0.3, -0.25) is 4.90 Å². The van der Waals surface area contributed by atoms with Gasteiger partial charge in [-0.1, -0.05) is 20.8 Å². The van der Waals surface area contributed by atoms with Crippen LogP contribution in [0.4, 0.5) is 26.1 Å². The van der Waals surface area contributed by atoms with Crippen molar-refractivity contribution in [1.82, 2.24) is 19.7 Å². The van der Waals surface area contributed by atoms with E-state index >= 15 is 0 Å². The minimum absolute atomic E-state index is 0. The van der Waals surface area contributed by atoms with Gasteiger partial charge in [-0.25, -0.2) is 13.5 Å². The summed E-state index contributed by atoms with van der Waals surface area (Å²) in [6.07, 6.45) is 1.43. The van der Waals surface area contributed by atoms with E-state index in [-0.39, 0.29) is 12.5 Å². The SMILES string of the molecule is Cc1cc(Nc2ncn(-c3cc(F)cc(F)c3)n2)cc(N2CCN(CC(C)(C)C)CC2C)c1.[HH]. The fraction of sp³-hybridized carbons (Fsp3) is 0.440. The topological polar surface area (TPSA) is 49.2 Å². The van der Waals surface area contributed by atoms with Gasteiger partial charge in [0, 0.05) is 51.1 Å². The molecule has 1 aliphatic heterocycles. The molecule has 0 spiro atoms. The van der Waals surface area contributed by atoms with Gasteiger partial charge in [0.2, 0.25) is 5.95 Å². The van der Waals surface area contributed by atoms with Crippen molar-refractivity contribution in [3.05, 3.63) is 59.9 Å². The highest BCUT2D eigenvalue weighted by atomic mass is 19.1. The summed E-state index contributed by atoms with van der Waals surface area (Å²) >= 11 is 0. The second kappa shape index (κ2) is 9.09. The Morgan fingerprint density at radius 3 is 2.42 bits per heavy atom. The first-order chi connectivity index (χ1) is 15.6. The second-order valence-electron chi connectivity index (χ2n) is 10.2. The van der Waals surface area contributed by atoms with Crippen LogP contribution in [-0.4, -0.2) is 51.9 Å². The number of piperazine rings is 1. The van der Waals surface area contributed by atoms with Gasteiger partial charge in [-0.15, -0.1) is 5.10 Å². The maximum atomic E-state index is 13.5. The van der Waals surface area contributed by atoms with Gasteiger partial charge in [0.25, 0.3) is 0 Å². The largest absolute Gasteiger partial charge is 0.366 e. The van der Waals surface area contributed by atoms with E-state index in [2.05, 4.69) is 72.0 Å². The molecule has 0 radical (unpaired) electrons. The molecule has 33 heavy (non-hydrogen) atoms. The minimum atomic E-state index is -0.657. The van der Waals surface area contributed by atoms with Gasteiger partial charge in [0.05, 0.1) is 5.69 Å². The van der Waals surface area contributed by atoms with Crippen LogP contribution in [0.2, 0.25) is 0 Å². The van der Waals surface area contributed by atoms with Crippen molar-refractivity contribution in [1.29, 1.82) is 0 Å². The Balaban J connectivity index is 0.00000324. The summed E-state index contributed by atoms with van der Waals surface area (Å²) < 4.78 is 28.4. The number of aromatic nitrogens is 3. The molecule has 0 aliphatic carbocycles. The molecule has 3 aromatic rings. The van der Waals surface area contributed by atoms with E-state index in [0.717, 1.165) is 49.2 Å². The third-order valence-corrected chi connectivity index (χ3v) is 5.66. The lowest BCUT2D eigenvalue weighted by atomic mass is 9.95. The Kier molecular flexibility index (Phi) is 6.38. The third kappa shape index (κ3) is 5.87. The summed E-state index contributed by atoms with van der Waals surface area (Å²) in [5.74, 6) is -0.954. The number of benzene rings is 2. The molecule has 1 aromatic heterocycles. The molecule has 2 heterocycles. The lowest BCUT2D eigenvalue weighted by Crippen LogP contribution is -2.53. The van der Waals surface area contributed by atoms with Crippen molar-refractivity contribution in [3.63, 3.8) is 0 Å². The molecule has 1 atom stereocenters. The molecule has 178 valence electrons. The van der Waals surface area contributed by atoms with Crippen LogP contribution < -0.4 is 10.2 Å². The number of aryl methyl sites for hydroxylation is 1. The Morgan fingerprint density at radius 1 is 1.03 bits per heavy atom. The van der Waals surface area contributed by atoms with Crippen molar-refractivity contribution in [2.75, 3.05) is 36.4 Å². The Morgan fingerprint density at radius 2 is 1.76 bits per heavy atom. The average Bonchev–Trinajstić information content (AvgIpc) is 3.14. The molecular weight excluding hydrogens is 422 g/mol. The highest BCUT2D eigenvalue weighted by molar-refractivity contribution is 5.64. The number of anilines is 3. The van der Waals surface area contributed by atoms with Gasteiger partial charge in [-0.2, -0.15) is 4.98 Å². The standard InChI is InChI=1S/C25H32F2N6.H2/c1-17-8-21(29-24-28-16-33(30-24)23-11-19(26)10-20(27)12-23)13-22(9-17)32-7-6-31(14-18(32)2)15-25(3,4)5;/h8-13,16,18H,6-7,14-15H2,1-5H3,(H,29,30);1H. The molecule has 4 rings (SSSR count). The summed E-state index contributed by atoms with van der Waals surface area (Å²) in [5, 5.41) is 7.56. The normalized spacial score (nSPS) is 17.4. The Bertz CT molecular complexity index is 1110. The molecule has 8 heteroatoms. The van der Waals surface area contributed by atoms with Crippen molar-refractivity contribution >= 4 is 17.3 Å². The summed E-state index contributed by atoms with van der Waals surface area (Å²) in [4.78, 5) is 9.24. The van der Waals surface area contributed by atoms with Gasteiger partial charge >= 0.3 is 0 Å². The number of halogens is 2. The Hall–Kier alpha value is -3.00. The van der Waals surface area contributed by atoms with E-state index in [0.29, 0.717) is 12.0 Å². The number of hydrogen-bond acceptors (Lipinski definition) is 5. The number of nitrogens with zero attached hydrogens (tertiary/aromatic N) is 5. The highest BCUT2D eigenvalue weighted by Gasteiger charge is 2.27. The average molecular weight is 457 g/mol. The van der Waals surface area contributed by atoms with Crippen LogP contribution >= 0.6 is 0 Å². The minimum Gasteiger partial charge on any atom is -0.366 e. The van der Waals surface area contributed by atoms with E-state index in [1.54, 1.807) is 0 Å². The van der Waals surface area contributed by atoms with Crippen molar-refractivity contribution in [2.24, 2.45) is 5.41 Å². The molecule has 1 fully saturated rings. The van der Waals surface area contributed by atoms with Gasteiger partial charge < -0.3 is 10.2 Å². The molecule has 1 aliphatic rings. The van der Waals surface area contributed by atoms with Gasteiger partial charge in [-0.05, 0) is 55.2 Å². The lowest BCUT2D eigenvalue weighted by molar-refractivity contribution is 0.165. The number of hydrogen-bond donors (Lipinski definition) is 1. The second-order valence-corrected chi connectivity index (χ2v) is 10.2. The van der Waals surface area contributed by atoms with Crippen molar-refractivity contribution < 1.29 is 10.2 Å². The maximum absolute atomic E-state index is 13.5. The first-order valence-corrected chi connectivity index (χ1v) is 11.3. The van der Waals surface area contributed by atoms with Crippen LogP contribution in [0.1, 0.15) is 34.7 Å². The van der Waals surface area contributed by atoms with Crippen molar-refractivity contribution in [3.8, 4) is 5.69 Å². The number of nitrogens with one attached hydrogen (secondary N) is 1. The van der Waals surface area contributed by atoms with Crippen LogP contribution in [0.5, 0.6) is 0 Å². The molecule has 0 bridgehead atoms. The molecule has 6 nitrogen and oxygen atoms in total. The predicted molar refractivity (Wildman–Crippen MR) is 131 cm³/mol. The smallest absolute Gasteiger partial charge is 0.246 e. The summed E-state index contributed by atoms with van der Waals surface area (Å²) in [7, 11) is 0. The fourth-order valence-electron chi connectivity index (χ4n) is 4.48. The quantitative estimate of drug-likeness (QED) is 0.557. The van der Waals surface area contributed by atoms with E-state index in [1.807, 2.05) is 6.07 Å². The highest BCUT2D eigenvalue weighted by Crippen LogP contribution is 2.28. The van der Waals surface area contributed by atoms with E-state index in [4.69, 9.17) is 0 Å². The zero-order valence-corrected chi connectivity index (χ0v) is 19.9. The summed E-state index contributed by atoms with van der Waals surface area (Å²) in [5.41, 5.74) is 3.73. The van der Waals surface area contributed by atoms with Crippen LogP contribution in [0.15, 0.2) is 42.7 Å². The molecule has 1 saturated heterocycles. The zero-order valence-electron chi connectivity index (χ0n) is 19.9. The summed E-state index contributed by atoms with van der Waals surface area (Å²) in [6.45, 7) is 15.3. The maximum Gasteiger partial charge on any atom is 0.246 e. The van der Waals surface area contributed by atoms with Crippen LogP contribution in [0.25, 0.3) is 5.69 Å². The fourth-order valence-corrected chi connectivity index (χ4v) is 4.48. The molecular formula is C25H34F2N6. The van der Waals surface area contributed by atoms with E-state index in [9.17, 15) is 8.78 Å². The monoisotopic (exact) mass is 456 g/mol. The van der Waals surface area contributed by atoms with E-state index in [1.165, 1.54) is 23.1 Å². The first kappa shape index (κ1) is 23.2. The van der Waals surface area contributed by atoms with Crippen LogP contribution in [0.3, 0.4) is 0 Å².